The van der Waals surface area contributed by atoms with E-state index < -0.39 is 10.8 Å². The highest BCUT2D eigenvalue weighted by atomic mass is 35.5. The Hall–Kier alpha value is -3.39. The highest BCUT2D eigenvalue weighted by Crippen LogP contribution is 2.47. The number of carbonyl (C=O) groups is 2. The second kappa shape index (κ2) is 8.63. The topological polar surface area (TPSA) is 99.0 Å². The van der Waals surface area contributed by atoms with Crippen molar-refractivity contribution in [2.24, 2.45) is 0 Å². The summed E-state index contributed by atoms with van der Waals surface area (Å²) in [5.41, 5.74) is 1.83. The molecule has 2 aliphatic rings. The number of halogens is 1. The van der Waals surface area contributed by atoms with E-state index in [4.69, 9.17) is 21.1 Å². The lowest BCUT2D eigenvalue weighted by molar-refractivity contribution is -0.384. The van der Waals surface area contributed by atoms with E-state index in [1.807, 2.05) is 0 Å². The van der Waals surface area contributed by atoms with E-state index in [1.165, 1.54) is 30.2 Å². The standard InChI is InChI=1S/C23H21ClN2O6/c1-31-14-7-8-15(21(11-14)32-2)16-12-22(28)25(18-4-3-5-20(27)23(16)18)19-10-13(26(29)30)6-9-17(19)24/h6-11,16H,3-5,12H2,1-2H3. The maximum atomic E-state index is 13.4. The Labute approximate surface area is 189 Å². The minimum atomic E-state index is -0.541. The number of methoxy groups -OCH3 is 2. The van der Waals surface area contributed by atoms with Gasteiger partial charge in [0.25, 0.3) is 5.69 Å². The number of allylic oxidation sites excluding steroid dienone is 2. The third-order valence-electron chi connectivity index (χ3n) is 5.87. The number of amides is 1. The molecule has 0 saturated carbocycles. The van der Waals surface area contributed by atoms with Crippen LogP contribution in [-0.4, -0.2) is 30.8 Å². The molecule has 1 atom stereocenters. The Morgan fingerprint density at radius 3 is 2.56 bits per heavy atom. The summed E-state index contributed by atoms with van der Waals surface area (Å²) in [6.07, 6.45) is 1.45. The number of hydrogen-bond donors (Lipinski definition) is 0. The molecule has 0 aromatic heterocycles. The molecule has 1 aliphatic carbocycles. The second-order valence-corrected chi connectivity index (χ2v) is 8.03. The first-order valence-electron chi connectivity index (χ1n) is 10.1. The van der Waals surface area contributed by atoms with Gasteiger partial charge in [0.05, 0.1) is 29.9 Å². The zero-order valence-electron chi connectivity index (χ0n) is 17.6. The Morgan fingerprint density at radius 2 is 1.88 bits per heavy atom. The number of nitro benzene ring substituents is 1. The van der Waals surface area contributed by atoms with Crippen LogP contribution in [0.25, 0.3) is 0 Å². The molecule has 0 radical (unpaired) electrons. The lowest BCUT2D eigenvalue weighted by atomic mass is 9.76. The highest BCUT2D eigenvalue weighted by molar-refractivity contribution is 6.34. The minimum Gasteiger partial charge on any atom is -0.497 e. The molecule has 2 aromatic rings. The van der Waals surface area contributed by atoms with Crippen LogP contribution >= 0.6 is 11.6 Å². The molecule has 1 heterocycles. The molecule has 2 aromatic carbocycles. The summed E-state index contributed by atoms with van der Waals surface area (Å²) in [6.45, 7) is 0. The van der Waals surface area contributed by atoms with Gasteiger partial charge in [-0.2, -0.15) is 0 Å². The zero-order valence-corrected chi connectivity index (χ0v) is 18.3. The molecule has 0 fully saturated rings. The summed E-state index contributed by atoms with van der Waals surface area (Å²) in [5, 5.41) is 11.5. The minimum absolute atomic E-state index is 0.00623. The molecular weight excluding hydrogens is 436 g/mol. The van der Waals surface area contributed by atoms with Crippen molar-refractivity contribution in [2.75, 3.05) is 19.1 Å². The van der Waals surface area contributed by atoms with Crippen molar-refractivity contribution in [2.45, 2.75) is 31.6 Å². The summed E-state index contributed by atoms with van der Waals surface area (Å²) in [6, 6.07) is 9.24. The summed E-state index contributed by atoms with van der Waals surface area (Å²) in [7, 11) is 3.07. The van der Waals surface area contributed by atoms with Crippen LogP contribution in [0.15, 0.2) is 47.7 Å². The van der Waals surface area contributed by atoms with Crippen molar-refractivity contribution >= 4 is 34.7 Å². The number of nitro groups is 1. The van der Waals surface area contributed by atoms with Crippen molar-refractivity contribution in [3.8, 4) is 11.5 Å². The molecule has 0 saturated heterocycles. The van der Waals surface area contributed by atoms with Gasteiger partial charge in [0.2, 0.25) is 5.91 Å². The number of hydrogen-bond acceptors (Lipinski definition) is 6. The number of ketones is 1. The molecule has 166 valence electrons. The first-order chi connectivity index (χ1) is 15.3. The lowest BCUT2D eigenvalue weighted by Gasteiger charge is -2.38. The van der Waals surface area contributed by atoms with Gasteiger partial charge < -0.3 is 9.47 Å². The number of carbonyl (C=O) groups excluding carboxylic acids is 2. The number of Topliss-reactive ketones (excluding diaryl/α,β-unsaturated/α-hetero) is 1. The molecule has 0 bridgehead atoms. The van der Waals surface area contributed by atoms with Gasteiger partial charge in [-0.1, -0.05) is 17.7 Å². The Kier molecular flexibility index (Phi) is 5.88. The first-order valence-corrected chi connectivity index (χ1v) is 10.5. The van der Waals surface area contributed by atoms with Crippen molar-refractivity contribution in [1.29, 1.82) is 0 Å². The average molecular weight is 457 g/mol. The SMILES string of the molecule is COc1ccc(C2CC(=O)N(c3cc([N+](=O)[O-])ccc3Cl)C3=C2C(=O)CCC3)c(OC)c1. The van der Waals surface area contributed by atoms with E-state index in [0.29, 0.717) is 47.6 Å². The van der Waals surface area contributed by atoms with E-state index in [-0.39, 0.29) is 34.5 Å². The van der Waals surface area contributed by atoms with Gasteiger partial charge in [-0.3, -0.25) is 24.6 Å². The molecule has 8 nitrogen and oxygen atoms in total. The number of rotatable bonds is 5. The third kappa shape index (κ3) is 3.71. The van der Waals surface area contributed by atoms with Crippen molar-refractivity contribution in [1.82, 2.24) is 0 Å². The van der Waals surface area contributed by atoms with Gasteiger partial charge >= 0.3 is 0 Å². The number of ether oxygens (including phenoxy) is 2. The molecular formula is C23H21ClN2O6. The van der Waals surface area contributed by atoms with E-state index in [1.54, 1.807) is 25.3 Å². The molecule has 1 aliphatic heterocycles. The van der Waals surface area contributed by atoms with Crippen molar-refractivity contribution in [3.63, 3.8) is 0 Å². The normalized spacial score (nSPS) is 18.5. The molecule has 4 rings (SSSR count). The van der Waals surface area contributed by atoms with Gasteiger partial charge in [-0.25, -0.2) is 0 Å². The van der Waals surface area contributed by atoms with Crippen LogP contribution in [0, 0.1) is 10.1 Å². The Morgan fingerprint density at radius 1 is 1.09 bits per heavy atom. The average Bonchev–Trinajstić information content (AvgIpc) is 2.78. The molecule has 1 unspecified atom stereocenters. The van der Waals surface area contributed by atoms with E-state index in [9.17, 15) is 19.7 Å². The summed E-state index contributed by atoms with van der Waals surface area (Å²) < 4.78 is 10.8. The van der Waals surface area contributed by atoms with E-state index in [2.05, 4.69) is 0 Å². The van der Waals surface area contributed by atoms with Gasteiger partial charge in [-0.15, -0.1) is 0 Å². The maximum Gasteiger partial charge on any atom is 0.271 e. The lowest BCUT2D eigenvalue weighted by Crippen LogP contribution is -2.40. The molecule has 32 heavy (non-hydrogen) atoms. The predicted molar refractivity (Wildman–Crippen MR) is 118 cm³/mol. The molecule has 0 N–H and O–H groups in total. The van der Waals surface area contributed by atoms with Crippen LogP contribution in [0.4, 0.5) is 11.4 Å². The van der Waals surface area contributed by atoms with Crippen LogP contribution in [0.2, 0.25) is 5.02 Å². The van der Waals surface area contributed by atoms with Gasteiger partial charge in [0, 0.05) is 53.8 Å². The van der Waals surface area contributed by atoms with Crippen LogP contribution in [0.3, 0.4) is 0 Å². The summed E-state index contributed by atoms with van der Waals surface area (Å²) in [4.78, 5) is 38.6. The zero-order chi connectivity index (χ0) is 23.0. The van der Waals surface area contributed by atoms with Crippen LogP contribution in [-0.2, 0) is 9.59 Å². The fourth-order valence-electron chi connectivity index (χ4n) is 4.43. The molecule has 0 spiro atoms. The van der Waals surface area contributed by atoms with Gasteiger partial charge in [-0.05, 0) is 25.0 Å². The monoisotopic (exact) mass is 456 g/mol. The van der Waals surface area contributed by atoms with E-state index >= 15 is 0 Å². The second-order valence-electron chi connectivity index (χ2n) is 7.62. The van der Waals surface area contributed by atoms with E-state index in [0.717, 1.165) is 0 Å². The number of non-ortho nitro benzene ring substituents is 1. The molecule has 1 amide bonds. The Balaban J connectivity index is 1.89. The maximum absolute atomic E-state index is 13.4. The summed E-state index contributed by atoms with van der Waals surface area (Å²) in [5.74, 6) is 0.299. The number of anilines is 1. The fraction of sp³-hybridized carbons (Fsp3) is 0.304. The van der Waals surface area contributed by atoms with Crippen LogP contribution in [0.5, 0.6) is 11.5 Å². The van der Waals surface area contributed by atoms with Crippen molar-refractivity contribution in [3.05, 3.63) is 68.4 Å². The number of nitrogens with zero attached hydrogens (tertiary/aromatic N) is 2. The van der Waals surface area contributed by atoms with Gasteiger partial charge in [0.1, 0.15) is 11.5 Å². The van der Waals surface area contributed by atoms with Crippen LogP contribution in [0.1, 0.15) is 37.2 Å². The smallest absolute Gasteiger partial charge is 0.271 e. The fourth-order valence-corrected chi connectivity index (χ4v) is 4.63. The Bertz CT molecular complexity index is 1160. The molecule has 9 heteroatoms. The largest absolute Gasteiger partial charge is 0.497 e. The third-order valence-corrected chi connectivity index (χ3v) is 6.19. The first kappa shape index (κ1) is 21.8. The highest BCUT2D eigenvalue weighted by Gasteiger charge is 2.41. The number of benzene rings is 2. The summed E-state index contributed by atoms with van der Waals surface area (Å²) >= 11 is 6.34. The predicted octanol–water partition coefficient (Wildman–Crippen LogP) is 4.79. The van der Waals surface area contributed by atoms with Crippen molar-refractivity contribution < 1.29 is 24.0 Å². The van der Waals surface area contributed by atoms with Gasteiger partial charge in [0.15, 0.2) is 5.78 Å². The van der Waals surface area contributed by atoms with Crippen LogP contribution < -0.4 is 14.4 Å². The quantitative estimate of drug-likeness (QED) is 0.473.